The molecule has 4 aliphatic heterocycles. The van der Waals surface area contributed by atoms with Crippen molar-refractivity contribution in [2.24, 2.45) is 11.8 Å². The van der Waals surface area contributed by atoms with Crippen molar-refractivity contribution in [1.82, 2.24) is 9.80 Å². The molecule has 4 aliphatic rings. The van der Waals surface area contributed by atoms with E-state index in [9.17, 15) is 19.5 Å². The van der Waals surface area contributed by atoms with Gasteiger partial charge >= 0.3 is 5.97 Å². The van der Waals surface area contributed by atoms with Gasteiger partial charge in [-0.1, -0.05) is 24.3 Å². The summed E-state index contributed by atoms with van der Waals surface area (Å²) in [7, 11) is 0. The van der Waals surface area contributed by atoms with Crippen LogP contribution >= 0.6 is 11.8 Å². The predicted octanol–water partition coefficient (Wildman–Crippen LogP) is 2.14. The lowest BCUT2D eigenvalue weighted by Crippen LogP contribution is -2.57. The zero-order valence-electron chi connectivity index (χ0n) is 19.3. The largest absolute Gasteiger partial charge is 0.465 e. The van der Waals surface area contributed by atoms with Gasteiger partial charge in [-0.3, -0.25) is 14.4 Å². The van der Waals surface area contributed by atoms with E-state index in [1.165, 1.54) is 0 Å². The predicted molar refractivity (Wildman–Crippen MR) is 123 cm³/mol. The molecular formula is C24H34N2O5S. The van der Waals surface area contributed by atoms with Crippen LogP contribution in [0.3, 0.4) is 0 Å². The van der Waals surface area contributed by atoms with E-state index in [-0.39, 0.29) is 30.4 Å². The highest BCUT2D eigenvalue weighted by molar-refractivity contribution is 8.02. The zero-order chi connectivity index (χ0) is 23.3. The van der Waals surface area contributed by atoms with Gasteiger partial charge in [0.1, 0.15) is 6.04 Å². The molecule has 0 saturated carbocycles. The van der Waals surface area contributed by atoms with Crippen LogP contribution in [0.2, 0.25) is 0 Å². The molecule has 0 aromatic heterocycles. The number of amides is 2. The third kappa shape index (κ3) is 3.41. The van der Waals surface area contributed by atoms with Crippen molar-refractivity contribution in [2.45, 2.75) is 74.6 Å². The monoisotopic (exact) mass is 462 g/mol. The van der Waals surface area contributed by atoms with Crippen molar-refractivity contribution in [2.75, 3.05) is 19.8 Å². The van der Waals surface area contributed by atoms with Crippen LogP contribution in [0.1, 0.15) is 47.0 Å². The maximum atomic E-state index is 13.9. The van der Waals surface area contributed by atoms with Gasteiger partial charge in [-0.05, 0) is 47.0 Å². The minimum Gasteiger partial charge on any atom is -0.465 e. The summed E-state index contributed by atoms with van der Waals surface area (Å²) in [5, 5.41) is 9.94. The van der Waals surface area contributed by atoms with Crippen LogP contribution in [-0.4, -0.2) is 80.1 Å². The summed E-state index contributed by atoms with van der Waals surface area (Å²) >= 11 is 1.54. The maximum Gasteiger partial charge on any atom is 0.311 e. The molecule has 0 aliphatic carbocycles. The number of carbonyl (C=O) groups is 3. The van der Waals surface area contributed by atoms with Gasteiger partial charge < -0.3 is 19.6 Å². The number of aliphatic hydroxyl groups is 1. The van der Waals surface area contributed by atoms with Crippen molar-refractivity contribution in [3.8, 4) is 0 Å². The molecule has 2 saturated heterocycles. The minimum absolute atomic E-state index is 0.0321. The average molecular weight is 463 g/mol. The molecule has 176 valence electrons. The number of likely N-dealkylation sites (tertiary alicyclic amines) is 1. The standard InChI is InChI=1S/C24H34N2O5S/c1-15(2)25-12-9-11-24-17(20(28)26(16(3)14-27)19(24)21(25)29)18-22(30)31-13-8-6-5-7-10-23(18,4)32-24/h7,9-11,15-19,27H,5-6,8,12-14H2,1-4H3/b10-7-/t16-,17+,18+,19?,23-,24+/m1/s1. The number of rotatable bonds is 3. The molecule has 4 rings (SSSR count). The van der Waals surface area contributed by atoms with E-state index in [1.807, 2.05) is 32.9 Å². The molecule has 2 amide bonds. The maximum absolute atomic E-state index is 13.9. The van der Waals surface area contributed by atoms with E-state index in [2.05, 4.69) is 12.2 Å². The number of hydrogen-bond donors (Lipinski definition) is 1. The highest BCUT2D eigenvalue weighted by Gasteiger charge is 2.74. The van der Waals surface area contributed by atoms with Crippen molar-refractivity contribution < 1.29 is 24.2 Å². The molecule has 2 fully saturated rings. The first-order chi connectivity index (χ1) is 15.2. The lowest BCUT2D eigenvalue weighted by atomic mass is 9.74. The van der Waals surface area contributed by atoms with E-state index in [0.717, 1.165) is 19.3 Å². The third-order valence-corrected chi connectivity index (χ3v) is 9.13. The number of hydrogen-bond acceptors (Lipinski definition) is 6. The third-order valence-electron chi connectivity index (χ3n) is 7.33. The summed E-state index contributed by atoms with van der Waals surface area (Å²) < 4.78 is 4.09. The first-order valence-corrected chi connectivity index (χ1v) is 12.5. The minimum atomic E-state index is -0.891. The van der Waals surface area contributed by atoms with Crippen LogP contribution in [0.5, 0.6) is 0 Å². The molecular weight excluding hydrogens is 428 g/mol. The fourth-order valence-electron chi connectivity index (χ4n) is 5.78. The molecule has 4 heterocycles. The summed E-state index contributed by atoms with van der Waals surface area (Å²) in [5.74, 6) is -2.16. The number of aliphatic hydroxyl groups excluding tert-OH is 1. The number of carbonyl (C=O) groups excluding carboxylic acids is 3. The Bertz CT molecular complexity index is 857. The van der Waals surface area contributed by atoms with Gasteiger partial charge in [0.15, 0.2) is 0 Å². The number of esters is 1. The Morgan fingerprint density at radius 1 is 1.12 bits per heavy atom. The lowest BCUT2D eigenvalue weighted by molar-refractivity contribution is -0.154. The molecule has 32 heavy (non-hydrogen) atoms. The molecule has 1 unspecified atom stereocenters. The quantitative estimate of drug-likeness (QED) is 0.511. The number of ether oxygens (including phenoxy) is 1. The molecule has 1 N–H and O–H groups in total. The SMILES string of the molecule is CC(C)N1CC=C[C@]23S[C@]4(C)/C=C\CCCCOC(=O)[C@@H]4[C@H]2C(=O)N([C@H](C)CO)C3C1=O. The van der Waals surface area contributed by atoms with Crippen LogP contribution in [-0.2, 0) is 19.1 Å². The normalized spacial score (nSPS) is 39.3. The molecule has 1 spiro atoms. The van der Waals surface area contributed by atoms with Crippen molar-refractivity contribution in [1.29, 1.82) is 0 Å². The van der Waals surface area contributed by atoms with Crippen molar-refractivity contribution in [3.05, 3.63) is 24.3 Å². The van der Waals surface area contributed by atoms with Crippen LogP contribution in [0.25, 0.3) is 0 Å². The molecule has 0 radical (unpaired) electrons. The smallest absolute Gasteiger partial charge is 0.311 e. The first-order valence-electron chi connectivity index (χ1n) is 11.6. The number of cyclic esters (lactones) is 1. The van der Waals surface area contributed by atoms with Gasteiger partial charge in [0.05, 0.1) is 35.8 Å². The Morgan fingerprint density at radius 3 is 2.56 bits per heavy atom. The summed E-state index contributed by atoms with van der Waals surface area (Å²) in [6.45, 7) is 8.21. The number of fused-ring (bicyclic) bond motifs is 2. The topological polar surface area (TPSA) is 87.2 Å². The second-order valence-corrected chi connectivity index (χ2v) is 11.6. The van der Waals surface area contributed by atoms with Gasteiger partial charge in [0.2, 0.25) is 11.8 Å². The van der Waals surface area contributed by atoms with E-state index >= 15 is 0 Å². The van der Waals surface area contributed by atoms with Gasteiger partial charge in [0, 0.05) is 17.3 Å². The fourth-order valence-corrected chi connectivity index (χ4v) is 7.92. The van der Waals surface area contributed by atoms with Crippen molar-refractivity contribution in [3.63, 3.8) is 0 Å². The van der Waals surface area contributed by atoms with E-state index < -0.39 is 33.4 Å². The van der Waals surface area contributed by atoms with Gasteiger partial charge in [-0.15, -0.1) is 11.8 Å². The lowest BCUT2D eigenvalue weighted by Gasteiger charge is -2.39. The van der Waals surface area contributed by atoms with Crippen LogP contribution in [0, 0.1) is 11.8 Å². The summed E-state index contributed by atoms with van der Waals surface area (Å²) in [6, 6.07) is -1.34. The number of thioether (sulfide) groups is 1. The molecule has 6 atom stereocenters. The molecule has 7 nitrogen and oxygen atoms in total. The molecule has 0 bridgehead atoms. The van der Waals surface area contributed by atoms with Crippen LogP contribution in [0.4, 0.5) is 0 Å². The highest BCUT2D eigenvalue weighted by atomic mass is 32.2. The van der Waals surface area contributed by atoms with Gasteiger partial charge in [-0.25, -0.2) is 0 Å². The molecule has 8 heteroatoms. The molecule has 0 aromatic rings. The van der Waals surface area contributed by atoms with E-state index in [4.69, 9.17) is 4.74 Å². The Balaban J connectivity index is 1.89. The van der Waals surface area contributed by atoms with E-state index in [1.54, 1.807) is 28.5 Å². The second-order valence-electron chi connectivity index (χ2n) is 9.83. The highest BCUT2D eigenvalue weighted by Crippen LogP contribution is 2.65. The Hall–Kier alpha value is -1.80. The van der Waals surface area contributed by atoms with Gasteiger partial charge in [0.25, 0.3) is 0 Å². The summed E-state index contributed by atoms with van der Waals surface area (Å²) in [5.41, 5.74) is 0. The average Bonchev–Trinajstić information content (AvgIpc) is 3.07. The number of nitrogens with zero attached hydrogens (tertiary/aromatic N) is 2. The summed E-state index contributed by atoms with van der Waals surface area (Å²) in [4.78, 5) is 44.5. The van der Waals surface area contributed by atoms with Crippen LogP contribution in [0.15, 0.2) is 24.3 Å². The van der Waals surface area contributed by atoms with Gasteiger partial charge in [-0.2, -0.15) is 0 Å². The van der Waals surface area contributed by atoms with Crippen molar-refractivity contribution >= 4 is 29.5 Å². The fraction of sp³-hybridized carbons (Fsp3) is 0.708. The Morgan fingerprint density at radius 2 is 1.88 bits per heavy atom. The second kappa shape index (κ2) is 8.52. The molecule has 0 aromatic carbocycles. The summed E-state index contributed by atoms with van der Waals surface area (Å²) in [6.07, 6.45) is 10.7. The Kier molecular flexibility index (Phi) is 6.22. The van der Waals surface area contributed by atoms with Crippen LogP contribution < -0.4 is 0 Å². The number of allylic oxidation sites excluding steroid dienone is 1. The van der Waals surface area contributed by atoms with E-state index in [0.29, 0.717) is 13.2 Å². The zero-order valence-corrected chi connectivity index (χ0v) is 20.1. The Labute approximate surface area is 194 Å². The first kappa shape index (κ1) is 23.4.